The standard InChI is InChI=1S/C17H24Cl2N2/c18-15-7-6-13(10-16(15)19)11-21-9-8-20-17(12-21)14-4-2-1-3-5-14/h6-7,10,14,17,20H,1-5,8-9,11-12H2. The molecular formula is C17H24Cl2N2. The van der Waals surface area contributed by atoms with Gasteiger partial charge in [0.2, 0.25) is 0 Å². The van der Waals surface area contributed by atoms with E-state index in [4.69, 9.17) is 23.2 Å². The van der Waals surface area contributed by atoms with Crippen LogP contribution in [0.15, 0.2) is 18.2 Å². The third-order valence-electron chi connectivity index (χ3n) is 4.90. The molecular weight excluding hydrogens is 303 g/mol. The Morgan fingerprint density at radius 3 is 2.67 bits per heavy atom. The maximum Gasteiger partial charge on any atom is 0.0595 e. The van der Waals surface area contributed by atoms with Crippen molar-refractivity contribution in [3.8, 4) is 0 Å². The molecule has 1 atom stereocenters. The van der Waals surface area contributed by atoms with Crippen molar-refractivity contribution in [2.75, 3.05) is 19.6 Å². The number of benzene rings is 1. The van der Waals surface area contributed by atoms with Gasteiger partial charge in [-0.15, -0.1) is 0 Å². The molecule has 2 nitrogen and oxygen atoms in total. The number of halogens is 2. The first kappa shape index (κ1) is 15.6. The van der Waals surface area contributed by atoms with E-state index in [0.29, 0.717) is 16.1 Å². The minimum Gasteiger partial charge on any atom is -0.311 e. The Labute approximate surface area is 137 Å². The lowest BCUT2D eigenvalue weighted by Gasteiger charge is -2.39. The van der Waals surface area contributed by atoms with Gasteiger partial charge in [0.05, 0.1) is 10.0 Å². The first-order valence-electron chi connectivity index (χ1n) is 8.12. The van der Waals surface area contributed by atoms with Crippen LogP contribution < -0.4 is 5.32 Å². The van der Waals surface area contributed by atoms with E-state index in [0.717, 1.165) is 32.1 Å². The molecule has 2 fully saturated rings. The Bertz CT molecular complexity index is 472. The fraction of sp³-hybridized carbons (Fsp3) is 0.647. The fourth-order valence-electron chi connectivity index (χ4n) is 3.73. The van der Waals surface area contributed by atoms with Crippen LogP contribution in [0.25, 0.3) is 0 Å². The average Bonchev–Trinajstić information content (AvgIpc) is 2.52. The van der Waals surface area contributed by atoms with Crippen LogP contribution in [-0.2, 0) is 6.54 Å². The molecule has 1 heterocycles. The molecule has 21 heavy (non-hydrogen) atoms. The predicted molar refractivity (Wildman–Crippen MR) is 90.1 cm³/mol. The van der Waals surface area contributed by atoms with Gasteiger partial charge >= 0.3 is 0 Å². The Balaban J connectivity index is 1.59. The molecule has 1 unspecified atom stereocenters. The van der Waals surface area contributed by atoms with Crippen molar-refractivity contribution >= 4 is 23.2 Å². The lowest BCUT2D eigenvalue weighted by atomic mass is 9.83. The molecule has 1 N–H and O–H groups in total. The SMILES string of the molecule is Clc1ccc(CN2CCNC(C3CCCCC3)C2)cc1Cl. The Morgan fingerprint density at radius 2 is 1.90 bits per heavy atom. The highest BCUT2D eigenvalue weighted by Crippen LogP contribution is 2.28. The van der Waals surface area contributed by atoms with Gasteiger partial charge in [-0.05, 0) is 36.5 Å². The second-order valence-electron chi connectivity index (χ2n) is 6.44. The second kappa shape index (κ2) is 7.32. The summed E-state index contributed by atoms with van der Waals surface area (Å²) in [6.07, 6.45) is 7.05. The molecule has 0 amide bonds. The number of rotatable bonds is 3. The number of hydrogen-bond donors (Lipinski definition) is 1. The van der Waals surface area contributed by atoms with E-state index in [1.807, 2.05) is 12.1 Å². The van der Waals surface area contributed by atoms with E-state index in [2.05, 4.69) is 16.3 Å². The van der Waals surface area contributed by atoms with Gasteiger partial charge in [0.25, 0.3) is 0 Å². The third kappa shape index (κ3) is 4.13. The molecule has 116 valence electrons. The summed E-state index contributed by atoms with van der Waals surface area (Å²) >= 11 is 12.1. The molecule has 1 saturated heterocycles. The van der Waals surface area contributed by atoms with Crippen LogP contribution in [0.1, 0.15) is 37.7 Å². The number of nitrogens with zero attached hydrogens (tertiary/aromatic N) is 1. The summed E-state index contributed by atoms with van der Waals surface area (Å²) in [6, 6.07) is 6.66. The molecule has 1 aliphatic carbocycles. The topological polar surface area (TPSA) is 15.3 Å². The summed E-state index contributed by atoms with van der Waals surface area (Å²) in [5, 5.41) is 5.04. The average molecular weight is 327 g/mol. The molecule has 0 radical (unpaired) electrons. The summed E-state index contributed by atoms with van der Waals surface area (Å²) < 4.78 is 0. The van der Waals surface area contributed by atoms with E-state index in [-0.39, 0.29) is 0 Å². The monoisotopic (exact) mass is 326 g/mol. The van der Waals surface area contributed by atoms with Crippen molar-refractivity contribution in [2.45, 2.75) is 44.7 Å². The van der Waals surface area contributed by atoms with Crippen LogP contribution >= 0.6 is 23.2 Å². The molecule has 0 aromatic heterocycles. The van der Waals surface area contributed by atoms with Crippen molar-refractivity contribution in [1.29, 1.82) is 0 Å². The van der Waals surface area contributed by atoms with Gasteiger partial charge in [-0.25, -0.2) is 0 Å². The predicted octanol–water partition coefficient (Wildman–Crippen LogP) is 4.35. The third-order valence-corrected chi connectivity index (χ3v) is 5.64. The van der Waals surface area contributed by atoms with Crippen molar-refractivity contribution in [3.63, 3.8) is 0 Å². The minimum atomic E-state index is 0.640. The largest absolute Gasteiger partial charge is 0.311 e. The molecule has 1 aromatic rings. The van der Waals surface area contributed by atoms with E-state index < -0.39 is 0 Å². The number of piperazine rings is 1. The van der Waals surface area contributed by atoms with Crippen molar-refractivity contribution < 1.29 is 0 Å². The maximum atomic E-state index is 6.12. The quantitative estimate of drug-likeness (QED) is 0.888. The minimum absolute atomic E-state index is 0.640. The van der Waals surface area contributed by atoms with Gasteiger partial charge in [-0.1, -0.05) is 48.5 Å². The molecule has 1 aromatic carbocycles. The van der Waals surface area contributed by atoms with Crippen LogP contribution in [0.3, 0.4) is 0 Å². The molecule has 1 saturated carbocycles. The van der Waals surface area contributed by atoms with Gasteiger partial charge in [-0.3, -0.25) is 4.90 Å². The van der Waals surface area contributed by atoms with E-state index in [1.165, 1.54) is 37.7 Å². The Hall–Kier alpha value is -0.280. The van der Waals surface area contributed by atoms with Gasteiger partial charge < -0.3 is 5.32 Å². The molecule has 3 rings (SSSR count). The molecule has 0 bridgehead atoms. The molecule has 4 heteroatoms. The zero-order valence-corrected chi connectivity index (χ0v) is 14.0. The van der Waals surface area contributed by atoms with Crippen molar-refractivity contribution in [1.82, 2.24) is 10.2 Å². The Morgan fingerprint density at radius 1 is 1.10 bits per heavy atom. The highest BCUT2D eigenvalue weighted by molar-refractivity contribution is 6.42. The summed E-state index contributed by atoms with van der Waals surface area (Å²) in [4.78, 5) is 2.55. The van der Waals surface area contributed by atoms with E-state index in [1.54, 1.807) is 0 Å². The second-order valence-corrected chi connectivity index (χ2v) is 7.26. The first-order chi connectivity index (χ1) is 10.2. The van der Waals surface area contributed by atoms with Gasteiger partial charge in [-0.2, -0.15) is 0 Å². The Kier molecular flexibility index (Phi) is 5.44. The van der Waals surface area contributed by atoms with E-state index >= 15 is 0 Å². The zero-order chi connectivity index (χ0) is 14.7. The van der Waals surface area contributed by atoms with Crippen molar-refractivity contribution in [2.24, 2.45) is 5.92 Å². The maximum absolute atomic E-state index is 6.12. The zero-order valence-electron chi connectivity index (χ0n) is 12.5. The number of nitrogens with one attached hydrogen (secondary N) is 1. The lowest BCUT2D eigenvalue weighted by molar-refractivity contribution is 0.141. The fourth-order valence-corrected chi connectivity index (χ4v) is 4.05. The molecule has 1 aliphatic heterocycles. The smallest absolute Gasteiger partial charge is 0.0595 e. The molecule has 0 spiro atoms. The summed E-state index contributed by atoms with van der Waals surface area (Å²) in [5.74, 6) is 0.871. The van der Waals surface area contributed by atoms with E-state index in [9.17, 15) is 0 Å². The normalized spacial score (nSPS) is 25.1. The van der Waals surface area contributed by atoms with Crippen LogP contribution in [0.5, 0.6) is 0 Å². The van der Waals surface area contributed by atoms with Crippen molar-refractivity contribution in [3.05, 3.63) is 33.8 Å². The highest BCUT2D eigenvalue weighted by Gasteiger charge is 2.27. The highest BCUT2D eigenvalue weighted by atomic mass is 35.5. The first-order valence-corrected chi connectivity index (χ1v) is 8.87. The molecule has 2 aliphatic rings. The number of hydrogen-bond acceptors (Lipinski definition) is 2. The van der Waals surface area contributed by atoms with Crippen LogP contribution in [0, 0.1) is 5.92 Å². The van der Waals surface area contributed by atoms with Gasteiger partial charge in [0.1, 0.15) is 0 Å². The van der Waals surface area contributed by atoms with Crippen LogP contribution in [0.2, 0.25) is 10.0 Å². The summed E-state index contributed by atoms with van der Waals surface area (Å²) in [6.45, 7) is 4.35. The summed E-state index contributed by atoms with van der Waals surface area (Å²) in [5.41, 5.74) is 1.26. The van der Waals surface area contributed by atoms with Crippen LogP contribution in [-0.4, -0.2) is 30.6 Å². The van der Waals surface area contributed by atoms with Gasteiger partial charge in [0, 0.05) is 32.2 Å². The summed E-state index contributed by atoms with van der Waals surface area (Å²) in [7, 11) is 0. The lowest BCUT2D eigenvalue weighted by Crippen LogP contribution is -2.53. The van der Waals surface area contributed by atoms with Gasteiger partial charge in [0.15, 0.2) is 0 Å². The van der Waals surface area contributed by atoms with Crippen LogP contribution in [0.4, 0.5) is 0 Å².